The quantitative estimate of drug-likeness (QED) is 0.783. The first-order valence-corrected chi connectivity index (χ1v) is 6.95. The third-order valence-corrected chi connectivity index (χ3v) is 3.63. The van der Waals surface area contributed by atoms with Gasteiger partial charge in [-0.15, -0.1) is 0 Å². The molecule has 1 aliphatic rings. The first-order chi connectivity index (χ1) is 9.33. The highest BCUT2D eigenvalue weighted by molar-refractivity contribution is 6.29. The number of hydrogen-bond donors (Lipinski definition) is 0. The monoisotopic (exact) mass is 272 g/mol. The normalized spacial score (nSPS) is 15.5. The van der Waals surface area contributed by atoms with Crippen molar-refractivity contribution in [3.63, 3.8) is 0 Å². The highest BCUT2D eigenvalue weighted by atomic mass is 35.5. The molecule has 0 aliphatic carbocycles. The van der Waals surface area contributed by atoms with Gasteiger partial charge in [-0.3, -0.25) is 4.98 Å². The summed E-state index contributed by atoms with van der Waals surface area (Å²) >= 11 is 5.78. The number of pyridine rings is 2. The van der Waals surface area contributed by atoms with Gasteiger partial charge in [0.05, 0.1) is 17.6 Å². The zero-order valence-corrected chi connectivity index (χ0v) is 11.4. The first kappa shape index (κ1) is 12.4. The van der Waals surface area contributed by atoms with Crippen molar-refractivity contribution in [2.45, 2.75) is 19.3 Å². The van der Waals surface area contributed by atoms with Crippen molar-refractivity contribution in [3.05, 3.63) is 41.8 Å². The fraction of sp³-hybridized carbons (Fsp3) is 0.333. The minimum atomic E-state index is 0.494. The standard InChI is InChI=1S/C15H15ClN3/c16-15-7-4-12(10-18-15)14-6-5-13(11-17-14)19-8-2-1-3-9-19/h4-5,7,10-11H,1-3,8-9H2. The molecule has 1 aliphatic heterocycles. The minimum absolute atomic E-state index is 0.494. The van der Waals surface area contributed by atoms with Gasteiger partial charge in [-0.05, 0) is 37.5 Å². The third-order valence-electron chi connectivity index (χ3n) is 3.40. The van der Waals surface area contributed by atoms with Crippen LogP contribution in [0.3, 0.4) is 0 Å². The van der Waals surface area contributed by atoms with Crippen LogP contribution in [0.15, 0.2) is 30.6 Å². The van der Waals surface area contributed by atoms with E-state index in [9.17, 15) is 0 Å². The van der Waals surface area contributed by atoms with Crippen LogP contribution in [-0.4, -0.2) is 23.1 Å². The van der Waals surface area contributed by atoms with E-state index < -0.39 is 0 Å². The van der Waals surface area contributed by atoms with Crippen LogP contribution in [0.4, 0.5) is 5.69 Å². The number of nitrogens with zero attached hydrogens (tertiary/aromatic N) is 3. The van der Waals surface area contributed by atoms with E-state index in [2.05, 4.69) is 20.9 Å². The molecule has 0 bridgehead atoms. The molecule has 19 heavy (non-hydrogen) atoms. The molecule has 0 atom stereocenters. The van der Waals surface area contributed by atoms with Crippen LogP contribution in [-0.2, 0) is 0 Å². The van der Waals surface area contributed by atoms with Gasteiger partial charge in [0.1, 0.15) is 5.15 Å². The third kappa shape index (κ3) is 2.87. The largest absolute Gasteiger partial charge is 0.370 e. The Balaban J connectivity index is 1.80. The van der Waals surface area contributed by atoms with Crippen molar-refractivity contribution in [2.24, 2.45) is 0 Å². The summed E-state index contributed by atoms with van der Waals surface area (Å²) < 4.78 is 0. The molecule has 0 amide bonds. The smallest absolute Gasteiger partial charge is 0.129 e. The second kappa shape index (κ2) is 5.57. The van der Waals surface area contributed by atoms with Gasteiger partial charge >= 0.3 is 0 Å². The Bertz CT molecular complexity index is 530. The Morgan fingerprint density at radius 1 is 1.05 bits per heavy atom. The molecule has 3 heterocycles. The zero-order valence-electron chi connectivity index (χ0n) is 10.6. The number of aromatic nitrogens is 2. The lowest BCUT2D eigenvalue weighted by Gasteiger charge is -2.28. The summed E-state index contributed by atoms with van der Waals surface area (Å²) in [7, 11) is 0. The maximum atomic E-state index is 5.78. The Labute approximate surface area is 118 Å². The van der Waals surface area contributed by atoms with Crippen molar-refractivity contribution >= 4 is 17.3 Å². The van der Waals surface area contributed by atoms with Crippen LogP contribution >= 0.6 is 11.6 Å². The van der Waals surface area contributed by atoms with Crippen LogP contribution in [0.2, 0.25) is 5.15 Å². The van der Waals surface area contributed by atoms with Crippen LogP contribution in [0.5, 0.6) is 0 Å². The highest BCUT2D eigenvalue weighted by Gasteiger charge is 2.11. The maximum Gasteiger partial charge on any atom is 0.129 e. The first-order valence-electron chi connectivity index (χ1n) is 6.57. The number of piperidine rings is 1. The molecule has 0 spiro atoms. The molecule has 4 heteroatoms. The molecule has 1 fully saturated rings. The molecule has 3 nitrogen and oxygen atoms in total. The van der Waals surface area contributed by atoms with Gasteiger partial charge in [0, 0.05) is 30.9 Å². The van der Waals surface area contributed by atoms with Crippen LogP contribution in [0, 0.1) is 6.07 Å². The lowest BCUT2D eigenvalue weighted by molar-refractivity contribution is 0.577. The van der Waals surface area contributed by atoms with E-state index in [-0.39, 0.29) is 0 Å². The molecule has 2 aromatic rings. The summed E-state index contributed by atoms with van der Waals surface area (Å²) in [6.07, 6.45) is 7.52. The molecule has 0 N–H and O–H groups in total. The van der Waals surface area contributed by atoms with Gasteiger partial charge in [-0.2, -0.15) is 0 Å². The maximum absolute atomic E-state index is 5.78. The molecular weight excluding hydrogens is 258 g/mol. The fourth-order valence-electron chi connectivity index (χ4n) is 2.35. The number of anilines is 1. The van der Waals surface area contributed by atoms with Crippen molar-refractivity contribution in [3.8, 4) is 11.3 Å². The molecular formula is C15H15ClN3. The molecule has 2 aromatic heterocycles. The summed E-state index contributed by atoms with van der Waals surface area (Å²) in [6, 6.07) is 8.93. The number of rotatable bonds is 2. The Hall–Kier alpha value is -1.61. The van der Waals surface area contributed by atoms with Gasteiger partial charge < -0.3 is 4.90 Å². The summed E-state index contributed by atoms with van der Waals surface area (Å²) in [5.74, 6) is 0. The molecule has 0 saturated carbocycles. The zero-order chi connectivity index (χ0) is 13.1. The fourth-order valence-corrected chi connectivity index (χ4v) is 2.46. The van der Waals surface area contributed by atoms with E-state index in [1.807, 2.05) is 18.3 Å². The van der Waals surface area contributed by atoms with Gasteiger partial charge in [-0.25, -0.2) is 4.98 Å². The van der Waals surface area contributed by atoms with Gasteiger partial charge in [-0.1, -0.05) is 11.6 Å². The van der Waals surface area contributed by atoms with E-state index in [1.54, 1.807) is 12.3 Å². The Kier molecular flexibility index (Phi) is 3.65. The van der Waals surface area contributed by atoms with E-state index in [4.69, 9.17) is 11.6 Å². The SMILES string of the molecule is Clc1ccc(-c2[c]cc(N3CCCCC3)cn2)cn1. The van der Waals surface area contributed by atoms with Crippen molar-refractivity contribution < 1.29 is 0 Å². The van der Waals surface area contributed by atoms with Crippen LogP contribution < -0.4 is 4.90 Å². The van der Waals surface area contributed by atoms with Gasteiger partial charge in [0.15, 0.2) is 0 Å². The average Bonchev–Trinajstić information content (AvgIpc) is 2.49. The summed E-state index contributed by atoms with van der Waals surface area (Å²) in [4.78, 5) is 10.9. The molecule has 3 rings (SSSR count). The minimum Gasteiger partial charge on any atom is -0.370 e. The molecule has 0 unspecified atom stereocenters. The summed E-state index contributed by atoms with van der Waals surface area (Å²) in [5.41, 5.74) is 2.91. The van der Waals surface area contributed by atoms with Gasteiger partial charge in [0.2, 0.25) is 0 Å². The molecule has 1 saturated heterocycles. The second-order valence-electron chi connectivity index (χ2n) is 4.74. The van der Waals surface area contributed by atoms with Crippen molar-refractivity contribution in [1.29, 1.82) is 0 Å². The number of halogens is 1. The lowest BCUT2D eigenvalue weighted by Crippen LogP contribution is -2.29. The van der Waals surface area contributed by atoms with Crippen LogP contribution in [0.25, 0.3) is 11.3 Å². The predicted molar refractivity (Wildman–Crippen MR) is 77.4 cm³/mol. The summed E-state index contributed by atoms with van der Waals surface area (Å²) in [6.45, 7) is 2.24. The average molecular weight is 273 g/mol. The molecule has 0 aromatic carbocycles. The van der Waals surface area contributed by atoms with E-state index in [0.717, 1.165) is 30.0 Å². The van der Waals surface area contributed by atoms with E-state index in [1.165, 1.54) is 19.3 Å². The highest BCUT2D eigenvalue weighted by Crippen LogP contribution is 2.22. The van der Waals surface area contributed by atoms with Crippen molar-refractivity contribution in [1.82, 2.24) is 9.97 Å². The topological polar surface area (TPSA) is 29.0 Å². The van der Waals surface area contributed by atoms with E-state index >= 15 is 0 Å². The lowest BCUT2D eigenvalue weighted by atomic mass is 10.1. The van der Waals surface area contributed by atoms with Gasteiger partial charge in [0.25, 0.3) is 0 Å². The Morgan fingerprint density at radius 2 is 1.89 bits per heavy atom. The molecule has 1 radical (unpaired) electrons. The van der Waals surface area contributed by atoms with E-state index in [0.29, 0.717) is 5.15 Å². The molecule has 97 valence electrons. The number of hydrogen-bond acceptors (Lipinski definition) is 3. The predicted octanol–water partition coefficient (Wildman–Crippen LogP) is 3.59. The Morgan fingerprint density at radius 3 is 2.53 bits per heavy atom. The summed E-state index contributed by atoms with van der Waals surface area (Å²) in [5, 5.41) is 0.494. The van der Waals surface area contributed by atoms with Crippen LogP contribution in [0.1, 0.15) is 19.3 Å². The van der Waals surface area contributed by atoms with Crippen molar-refractivity contribution in [2.75, 3.05) is 18.0 Å². The second-order valence-corrected chi connectivity index (χ2v) is 5.12.